The van der Waals surface area contributed by atoms with Gasteiger partial charge in [-0.2, -0.15) is 0 Å². The SMILES string of the molecule is COC(=O)C(NCc1sccc1Br)c1ccccc1. The van der Waals surface area contributed by atoms with Crippen LogP contribution >= 0.6 is 27.3 Å². The average Bonchev–Trinajstić information content (AvgIpc) is 2.85. The van der Waals surface area contributed by atoms with Crippen LogP contribution in [0.5, 0.6) is 0 Å². The molecule has 2 rings (SSSR count). The Balaban J connectivity index is 2.11. The highest BCUT2D eigenvalue weighted by molar-refractivity contribution is 9.10. The van der Waals surface area contributed by atoms with Gasteiger partial charge in [0.25, 0.3) is 0 Å². The lowest BCUT2D eigenvalue weighted by atomic mass is 10.1. The number of carbonyl (C=O) groups is 1. The molecule has 0 aliphatic rings. The summed E-state index contributed by atoms with van der Waals surface area (Å²) < 4.78 is 5.91. The molecule has 100 valence electrons. The molecule has 3 nitrogen and oxygen atoms in total. The first kappa shape index (κ1) is 14.2. The number of halogens is 1. The molecule has 0 aliphatic carbocycles. The molecule has 1 N–H and O–H groups in total. The van der Waals surface area contributed by atoms with Crippen LogP contribution in [0.1, 0.15) is 16.5 Å². The molecule has 0 amide bonds. The maximum Gasteiger partial charge on any atom is 0.327 e. The van der Waals surface area contributed by atoms with Gasteiger partial charge in [0.05, 0.1) is 7.11 Å². The fourth-order valence-electron chi connectivity index (χ4n) is 1.75. The fourth-order valence-corrected chi connectivity index (χ4v) is 3.19. The second-order valence-electron chi connectivity index (χ2n) is 3.94. The third-order valence-corrected chi connectivity index (χ3v) is 4.65. The number of hydrogen-bond donors (Lipinski definition) is 1. The molecule has 0 saturated heterocycles. The molecule has 1 aromatic heterocycles. The molecule has 0 saturated carbocycles. The van der Waals surface area contributed by atoms with Gasteiger partial charge in [0, 0.05) is 15.9 Å². The molecule has 0 fully saturated rings. The molecule has 0 aliphatic heterocycles. The van der Waals surface area contributed by atoms with Crippen molar-refractivity contribution in [2.24, 2.45) is 0 Å². The highest BCUT2D eigenvalue weighted by Gasteiger charge is 2.20. The lowest BCUT2D eigenvalue weighted by Gasteiger charge is -2.16. The van der Waals surface area contributed by atoms with Gasteiger partial charge in [0.1, 0.15) is 6.04 Å². The molecule has 0 radical (unpaired) electrons. The summed E-state index contributed by atoms with van der Waals surface area (Å²) in [7, 11) is 1.40. The van der Waals surface area contributed by atoms with E-state index in [9.17, 15) is 4.79 Å². The Morgan fingerprint density at radius 3 is 2.68 bits per heavy atom. The second kappa shape index (κ2) is 6.84. The number of hydrogen-bond acceptors (Lipinski definition) is 4. The van der Waals surface area contributed by atoms with Crippen LogP contribution in [0, 0.1) is 0 Å². The predicted molar refractivity (Wildman–Crippen MR) is 80.1 cm³/mol. The van der Waals surface area contributed by atoms with Crippen LogP contribution in [0.25, 0.3) is 0 Å². The van der Waals surface area contributed by atoms with Crippen molar-refractivity contribution in [2.75, 3.05) is 7.11 Å². The molecule has 1 heterocycles. The first-order valence-electron chi connectivity index (χ1n) is 5.80. The van der Waals surface area contributed by atoms with Crippen molar-refractivity contribution in [1.82, 2.24) is 5.32 Å². The Morgan fingerprint density at radius 2 is 2.11 bits per heavy atom. The number of carbonyl (C=O) groups excluding carboxylic acids is 1. The fraction of sp³-hybridized carbons (Fsp3) is 0.214. The van der Waals surface area contributed by atoms with Crippen molar-refractivity contribution < 1.29 is 9.53 Å². The summed E-state index contributed by atoms with van der Waals surface area (Å²) in [4.78, 5) is 13.0. The van der Waals surface area contributed by atoms with E-state index in [0.717, 1.165) is 14.9 Å². The second-order valence-corrected chi connectivity index (χ2v) is 5.79. The molecular weight excluding hydrogens is 326 g/mol. The zero-order valence-corrected chi connectivity index (χ0v) is 12.8. The number of methoxy groups -OCH3 is 1. The van der Waals surface area contributed by atoms with Crippen LogP contribution in [-0.4, -0.2) is 13.1 Å². The monoisotopic (exact) mass is 339 g/mol. The van der Waals surface area contributed by atoms with Crippen molar-refractivity contribution in [3.8, 4) is 0 Å². The van der Waals surface area contributed by atoms with E-state index in [4.69, 9.17) is 4.74 Å². The van der Waals surface area contributed by atoms with E-state index in [1.165, 1.54) is 7.11 Å². The van der Waals surface area contributed by atoms with Gasteiger partial charge in [-0.25, -0.2) is 4.79 Å². The number of ether oxygens (including phenoxy) is 1. The van der Waals surface area contributed by atoms with Crippen LogP contribution < -0.4 is 5.32 Å². The van der Waals surface area contributed by atoms with Gasteiger partial charge in [-0.15, -0.1) is 11.3 Å². The normalized spacial score (nSPS) is 12.1. The van der Waals surface area contributed by atoms with Gasteiger partial charge in [-0.05, 0) is 32.9 Å². The summed E-state index contributed by atoms with van der Waals surface area (Å²) in [5.74, 6) is -0.279. The highest BCUT2D eigenvalue weighted by Crippen LogP contribution is 2.23. The van der Waals surface area contributed by atoms with Crippen molar-refractivity contribution >= 4 is 33.2 Å². The Labute approximate surface area is 124 Å². The minimum Gasteiger partial charge on any atom is -0.468 e. The minimum atomic E-state index is -0.444. The van der Waals surface area contributed by atoms with Gasteiger partial charge in [-0.1, -0.05) is 30.3 Å². The molecule has 1 atom stereocenters. The molecule has 1 unspecified atom stereocenters. The molecule has 19 heavy (non-hydrogen) atoms. The lowest BCUT2D eigenvalue weighted by Crippen LogP contribution is -2.29. The van der Waals surface area contributed by atoms with Crippen molar-refractivity contribution in [2.45, 2.75) is 12.6 Å². The summed E-state index contributed by atoms with van der Waals surface area (Å²) in [6.07, 6.45) is 0. The van der Waals surface area contributed by atoms with Crippen molar-refractivity contribution in [3.63, 3.8) is 0 Å². The van der Waals surface area contributed by atoms with E-state index in [1.54, 1.807) is 11.3 Å². The van der Waals surface area contributed by atoms with Crippen LogP contribution in [0.4, 0.5) is 0 Å². The summed E-state index contributed by atoms with van der Waals surface area (Å²) in [5.41, 5.74) is 0.905. The lowest BCUT2D eigenvalue weighted by molar-refractivity contribution is -0.143. The van der Waals surface area contributed by atoms with E-state index in [0.29, 0.717) is 6.54 Å². The topological polar surface area (TPSA) is 38.3 Å². The standard InChI is InChI=1S/C14H14BrNO2S/c1-18-14(17)13(10-5-3-2-4-6-10)16-9-12-11(15)7-8-19-12/h2-8,13,16H,9H2,1H3. The van der Waals surface area contributed by atoms with Crippen LogP contribution in [0.2, 0.25) is 0 Å². The molecule has 2 aromatic rings. The Hall–Kier alpha value is -1.17. The zero-order valence-electron chi connectivity index (χ0n) is 10.4. The number of esters is 1. The van der Waals surface area contributed by atoms with Gasteiger partial charge in [0.2, 0.25) is 0 Å². The third kappa shape index (κ3) is 3.65. The molecule has 1 aromatic carbocycles. The van der Waals surface area contributed by atoms with Crippen LogP contribution in [-0.2, 0) is 16.1 Å². The predicted octanol–water partition coefficient (Wildman–Crippen LogP) is 3.51. The maximum atomic E-state index is 11.9. The quantitative estimate of drug-likeness (QED) is 0.847. The molecular formula is C14H14BrNO2S. The third-order valence-electron chi connectivity index (χ3n) is 2.73. The number of thiophene rings is 1. The van der Waals surface area contributed by atoms with E-state index >= 15 is 0 Å². The zero-order chi connectivity index (χ0) is 13.7. The van der Waals surface area contributed by atoms with Gasteiger partial charge in [0.15, 0.2) is 0 Å². The summed E-state index contributed by atoms with van der Waals surface area (Å²) in [6, 6.07) is 11.1. The summed E-state index contributed by atoms with van der Waals surface area (Å²) >= 11 is 5.13. The summed E-state index contributed by atoms with van der Waals surface area (Å²) in [5, 5.41) is 5.25. The number of nitrogens with one attached hydrogen (secondary N) is 1. The first-order valence-corrected chi connectivity index (χ1v) is 7.47. The number of benzene rings is 1. The van der Waals surface area contributed by atoms with Crippen molar-refractivity contribution in [3.05, 3.63) is 56.7 Å². The molecule has 5 heteroatoms. The minimum absolute atomic E-state index is 0.279. The van der Waals surface area contributed by atoms with Gasteiger partial charge in [-0.3, -0.25) is 5.32 Å². The smallest absolute Gasteiger partial charge is 0.327 e. The Morgan fingerprint density at radius 1 is 1.37 bits per heavy atom. The van der Waals surface area contributed by atoms with Crippen LogP contribution in [0.3, 0.4) is 0 Å². The Bertz CT molecular complexity index is 541. The highest BCUT2D eigenvalue weighted by atomic mass is 79.9. The van der Waals surface area contributed by atoms with Crippen LogP contribution in [0.15, 0.2) is 46.3 Å². The van der Waals surface area contributed by atoms with Crippen molar-refractivity contribution in [1.29, 1.82) is 0 Å². The molecule has 0 bridgehead atoms. The maximum absolute atomic E-state index is 11.9. The summed E-state index contributed by atoms with van der Waals surface area (Å²) in [6.45, 7) is 0.618. The van der Waals surface area contributed by atoms with E-state index < -0.39 is 6.04 Å². The average molecular weight is 340 g/mol. The largest absolute Gasteiger partial charge is 0.468 e. The van der Waals surface area contributed by atoms with E-state index in [2.05, 4.69) is 21.2 Å². The number of rotatable bonds is 5. The van der Waals surface area contributed by atoms with Gasteiger partial charge < -0.3 is 4.74 Å². The Kier molecular flexibility index (Phi) is 5.13. The van der Waals surface area contributed by atoms with E-state index in [1.807, 2.05) is 41.8 Å². The van der Waals surface area contributed by atoms with Gasteiger partial charge >= 0.3 is 5.97 Å². The van der Waals surface area contributed by atoms with E-state index in [-0.39, 0.29) is 5.97 Å². The molecule has 0 spiro atoms. The first-order chi connectivity index (χ1) is 9.22.